The first-order valence-corrected chi connectivity index (χ1v) is 4.89. The number of rotatable bonds is 2. The van der Waals surface area contributed by atoms with Crippen LogP contribution in [0.1, 0.15) is 11.1 Å². The predicted molar refractivity (Wildman–Crippen MR) is 60.4 cm³/mol. The Labute approximate surface area is 84.5 Å². The zero-order valence-electron chi connectivity index (χ0n) is 8.96. The summed E-state index contributed by atoms with van der Waals surface area (Å²) in [4.78, 5) is 5.52. The molecule has 2 aromatic rings. The highest BCUT2D eigenvalue weighted by molar-refractivity contribution is 5.85. The topological polar surface area (TPSA) is 19.0 Å². The molecular formula is C12H16N2. The molecule has 0 aliphatic heterocycles. The Morgan fingerprint density at radius 1 is 1.29 bits per heavy atom. The first kappa shape index (κ1) is 9.28. The van der Waals surface area contributed by atoms with Gasteiger partial charge in [0, 0.05) is 23.6 Å². The van der Waals surface area contributed by atoms with Crippen molar-refractivity contribution in [3.63, 3.8) is 0 Å². The summed E-state index contributed by atoms with van der Waals surface area (Å²) in [6, 6.07) is 6.43. The van der Waals surface area contributed by atoms with Gasteiger partial charge in [-0.1, -0.05) is 18.2 Å². The van der Waals surface area contributed by atoms with Gasteiger partial charge in [-0.05, 0) is 32.1 Å². The molecule has 74 valence electrons. The van der Waals surface area contributed by atoms with E-state index in [0.29, 0.717) is 0 Å². The van der Waals surface area contributed by atoms with Gasteiger partial charge in [0.2, 0.25) is 0 Å². The van der Waals surface area contributed by atoms with Crippen LogP contribution in [0, 0.1) is 6.92 Å². The van der Waals surface area contributed by atoms with Gasteiger partial charge < -0.3 is 9.88 Å². The molecule has 0 radical (unpaired) electrons. The molecule has 0 atom stereocenters. The van der Waals surface area contributed by atoms with E-state index in [4.69, 9.17) is 0 Å². The third kappa shape index (κ3) is 1.53. The quantitative estimate of drug-likeness (QED) is 0.767. The van der Waals surface area contributed by atoms with Crippen LogP contribution in [0.25, 0.3) is 10.9 Å². The fourth-order valence-electron chi connectivity index (χ4n) is 1.84. The first-order valence-electron chi connectivity index (χ1n) is 4.89. The van der Waals surface area contributed by atoms with Gasteiger partial charge in [-0.15, -0.1) is 0 Å². The van der Waals surface area contributed by atoms with Crippen molar-refractivity contribution in [3.05, 3.63) is 35.5 Å². The van der Waals surface area contributed by atoms with Gasteiger partial charge in [-0.3, -0.25) is 0 Å². The summed E-state index contributed by atoms with van der Waals surface area (Å²) in [6.45, 7) is 3.13. The predicted octanol–water partition coefficient (Wildman–Crippen LogP) is 2.54. The van der Waals surface area contributed by atoms with Crippen LogP contribution in [0.4, 0.5) is 0 Å². The van der Waals surface area contributed by atoms with Crippen LogP contribution in [0.5, 0.6) is 0 Å². The third-order valence-electron chi connectivity index (χ3n) is 2.50. The molecule has 0 fully saturated rings. The Balaban J connectivity index is 2.52. The number of hydrogen-bond acceptors (Lipinski definition) is 1. The van der Waals surface area contributed by atoms with Crippen molar-refractivity contribution in [1.82, 2.24) is 9.88 Å². The second kappa shape index (κ2) is 3.46. The fourth-order valence-corrected chi connectivity index (χ4v) is 1.84. The average Bonchev–Trinajstić information content (AvgIpc) is 2.49. The Kier molecular flexibility index (Phi) is 2.30. The van der Waals surface area contributed by atoms with E-state index in [9.17, 15) is 0 Å². The number of para-hydroxylation sites is 1. The molecule has 1 heterocycles. The highest BCUT2D eigenvalue weighted by atomic mass is 15.0. The number of fused-ring (bicyclic) bond motifs is 1. The zero-order valence-corrected chi connectivity index (χ0v) is 8.96. The maximum absolute atomic E-state index is 3.34. The molecule has 0 saturated heterocycles. The standard InChI is InChI=1S/C12H16N2/c1-9-5-4-6-11-10(8-14(2)3)7-13-12(9)11/h4-7,13H,8H2,1-3H3. The summed E-state index contributed by atoms with van der Waals surface area (Å²) in [7, 11) is 4.18. The van der Waals surface area contributed by atoms with Crippen LogP contribution in [0.3, 0.4) is 0 Å². The lowest BCUT2D eigenvalue weighted by Gasteiger charge is -2.07. The lowest BCUT2D eigenvalue weighted by Crippen LogP contribution is -2.09. The normalized spacial score (nSPS) is 11.4. The van der Waals surface area contributed by atoms with Gasteiger partial charge in [-0.2, -0.15) is 0 Å². The second-order valence-corrected chi connectivity index (χ2v) is 4.05. The molecule has 0 amide bonds. The summed E-state index contributed by atoms with van der Waals surface area (Å²) in [5, 5.41) is 1.35. The smallest absolute Gasteiger partial charge is 0.0487 e. The van der Waals surface area contributed by atoms with E-state index >= 15 is 0 Å². The molecule has 14 heavy (non-hydrogen) atoms. The fraction of sp³-hybridized carbons (Fsp3) is 0.333. The van der Waals surface area contributed by atoms with Gasteiger partial charge in [0.15, 0.2) is 0 Å². The average molecular weight is 188 g/mol. The van der Waals surface area contributed by atoms with E-state index in [2.05, 4.69) is 55.3 Å². The molecular weight excluding hydrogens is 172 g/mol. The van der Waals surface area contributed by atoms with Crippen LogP contribution in [-0.2, 0) is 6.54 Å². The van der Waals surface area contributed by atoms with Gasteiger partial charge in [0.05, 0.1) is 0 Å². The van der Waals surface area contributed by atoms with E-state index in [1.807, 2.05) is 0 Å². The van der Waals surface area contributed by atoms with Crippen molar-refractivity contribution in [2.75, 3.05) is 14.1 Å². The molecule has 0 aliphatic carbocycles. The maximum atomic E-state index is 3.34. The van der Waals surface area contributed by atoms with Crippen molar-refractivity contribution in [2.45, 2.75) is 13.5 Å². The Bertz CT molecular complexity index is 441. The second-order valence-electron chi connectivity index (χ2n) is 4.05. The number of nitrogens with zero attached hydrogens (tertiary/aromatic N) is 1. The van der Waals surface area contributed by atoms with Gasteiger partial charge in [0.1, 0.15) is 0 Å². The summed E-state index contributed by atoms with van der Waals surface area (Å²) in [5.41, 5.74) is 3.95. The molecule has 1 aromatic carbocycles. The van der Waals surface area contributed by atoms with Crippen LogP contribution in [0.2, 0.25) is 0 Å². The van der Waals surface area contributed by atoms with Gasteiger partial charge >= 0.3 is 0 Å². The number of aryl methyl sites for hydroxylation is 1. The maximum Gasteiger partial charge on any atom is 0.0487 e. The minimum atomic E-state index is 0.990. The zero-order chi connectivity index (χ0) is 10.1. The summed E-state index contributed by atoms with van der Waals surface area (Å²) >= 11 is 0. The van der Waals surface area contributed by atoms with Crippen LogP contribution in [0.15, 0.2) is 24.4 Å². The molecule has 2 rings (SSSR count). The minimum absolute atomic E-state index is 0.990. The largest absolute Gasteiger partial charge is 0.361 e. The number of aromatic nitrogens is 1. The monoisotopic (exact) mass is 188 g/mol. The van der Waals surface area contributed by atoms with E-state index in [-0.39, 0.29) is 0 Å². The molecule has 1 aromatic heterocycles. The van der Waals surface area contributed by atoms with Crippen molar-refractivity contribution in [3.8, 4) is 0 Å². The molecule has 0 unspecified atom stereocenters. The molecule has 0 spiro atoms. The van der Waals surface area contributed by atoms with E-state index < -0.39 is 0 Å². The van der Waals surface area contributed by atoms with E-state index in [0.717, 1.165) is 6.54 Å². The Morgan fingerprint density at radius 2 is 2.07 bits per heavy atom. The van der Waals surface area contributed by atoms with Crippen LogP contribution >= 0.6 is 0 Å². The minimum Gasteiger partial charge on any atom is -0.361 e. The highest BCUT2D eigenvalue weighted by Crippen LogP contribution is 2.21. The summed E-state index contributed by atoms with van der Waals surface area (Å²) < 4.78 is 0. The molecule has 2 nitrogen and oxygen atoms in total. The Morgan fingerprint density at radius 3 is 2.79 bits per heavy atom. The first-order chi connectivity index (χ1) is 6.68. The van der Waals surface area contributed by atoms with Gasteiger partial charge in [0.25, 0.3) is 0 Å². The molecule has 0 bridgehead atoms. The third-order valence-corrected chi connectivity index (χ3v) is 2.50. The van der Waals surface area contributed by atoms with Crippen LogP contribution in [-0.4, -0.2) is 24.0 Å². The molecule has 2 heteroatoms. The van der Waals surface area contributed by atoms with E-state index in [1.165, 1.54) is 22.0 Å². The van der Waals surface area contributed by atoms with Crippen LogP contribution < -0.4 is 0 Å². The SMILES string of the molecule is Cc1cccc2c(CN(C)C)c[nH]c12. The number of aromatic amines is 1. The molecule has 0 aliphatic rings. The highest BCUT2D eigenvalue weighted by Gasteiger charge is 2.05. The van der Waals surface area contributed by atoms with Gasteiger partial charge in [-0.25, -0.2) is 0 Å². The number of hydrogen-bond donors (Lipinski definition) is 1. The molecule has 1 N–H and O–H groups in total. The summed E-state index contributed by atoms with van der Waals surface area (Å²) in [6.07, 6.45) is 2.11. The summed E-state index contributed by atoms with van der Waals surface area (Å²) in [5.74, 6) is 0. The number of H-pyrrole nitrogens is 1. The molecule has 0 saturated carbocycles. The number of benzene rings is 1. The Hall–Kier alpha value is -1.28. The van der Waals surface area contributed by atoms with Crippen molar-refractivity contribution in [1.29, 1.82) is 0 Å². The van der Waals surface area contributed by atoms with Crippen molar-refractivity contribution in [2.24, 2.45) is 0 Å². The lowest BCUT2D eigenvalue weighted by molar-refractivity contribution is 0.404. The lowest BCUT2D eigenvalue weighted by atomic mass is 10.1. The number of nitrogens with one attached hydrogen (secondary N) is 1. The van der Waals surface area contributed by atoms with E-state index in [1.54, 1.807) is 0 Å². The van der Waals surface area contributed by atoms with Crippen molar-refractivity contribution >= 4 is 10.9 Å². The van der Waals surface area contributed by atoms with Crippen molar-refractivity contribution < 1.29 is 0 Å².